The minimum absolute atomic E-state index is 0.332. The molecule has 3 aliphatic rings. The number of amides is 1. The summed E-state index contributed by atoms with van der Waals surface area (Å²) in [5, 5.41) is 0. The number of likely N-dealkylation sites (tertiary alicyclic amines) is 3. The Morgan fingerprint density at radius 1 is 1.07 bits per heavy atom. The Morgan fingerprint density at radius 2 is 1.81 bits per heavy atom. The van der Waals surface area contributed by atoms with E-state index in [-0.39, 0.29) is 0 Å². The molecule has 5 heteroatoms. The molecule has 3 heterocycles. The number of hydrogen-bond acceptors (Lipinski definition) is 4. The van der Waals surface area contributed by atoms with Crippen molar-refractivity contribution in [1.82, 2.24) is 14.7 Å². The number of benzene rings is 1. The first kappa shape index (κ1) is 18.8. The molecule has 0 radical (unpaired) electrons. The van der Waals surface area contributed by atoms with Gasteiger partial charge in [0.05, 0.1) is 13.7 Å². The van der Waals surface area contributed by atoms with E-state index < -0.39 is 0 Å². The SMILES string of the molecule is COc1ccc([C@H]2CN(C)[C@@H]3CCN(C(=O)CN4CCCCC4)C[C@H]23)cc1. The highest BCUT2D eigenvalue weighted by Crippen LogP contribution is 2.41. The maximum Gasteiger partial charge on any atom is 0.236 e. The molecule has 1 aromatic carbocycles. The maximum atomic E-state index is 12.9. The molecule has 0 N–H and O–H groups in total. The summed E-state index contributed by atoms with van der Waals surface area (Å²) in [6.45, 7) is 5.67. The van der Waals surface area contributed by atoms with E-state index in [1.807, 2.05) is 0 Å². The summed E-state index contributed by atoms with van der Waals surface area (Å²) >= 11 is 0. The molecule has 0 aliphatic carbocycles. The van der Waals surface area contributed by atoms with Gasteiger partial charge in [-0.05, 0) is 57.1 Å². The van der Waals surface area contributed by atoms with Crippen molar-refractivity contribution in [3.63, 3.8) is 0 Å². The van der Waals surface area contributed by atoms with E-state index in [4.69, 9.17) is 4.74 Å². The van der Waals surface area contributed by atoms with Crippen LogP contribution in [0.5, 0.6) is 5.75 Å². The second kappa shape index (κ2) is 8.19. The fraction of sp³-hybridized carbons (Fsp3) is 0.682. The summed E-state index contributed by atoms with van der Waals surface area (Å²) in [5.74, 6) is 2.26. The number of fused-ring (bicyclic) bond motifs is 1. The van der Waals surface area contributed by atoms with E-state index in [2.05, 4.69) is 46.0 Å². The molecule has 0 unspecified atom stereocenters. The van der Waals surface area contributed by atoms with Crippen LogP contribution in [0.25, 0.3) is 0 Å². The molecule has 5 nitrogen and oxygen atoms in total. The van der Waals surface area contributed by atoms with Crippen LogP contribution in [0.4, 0.5) is 0 Å². The predicted octanol–water partition coefficient (Wildman–Crippen LogP) is 2.43. The number of hydrogen-bond donors (Lipinski definition) is 0. The summed E-state index contributed by atoms with van der Waals surface area (Å²) < 4.78 is 5.31. The summed E-state index contributed by atoms with van der Waals surface area (Å²) in [7, 11) is 3.95. The van der Waals surface area contributed by atoms with Gasteiger partial charge in [-0.15, -0.1) is 0 Å². The van der Waals surface area contributed by atoms with Gasteiger partial charge in [0.1, 0.15) is 5.75 Å². The van der Waals surface area contributed by atoms with Crippen molar-refractivity contribution >= 4 is 5.91 Å². The highest BCUT2D eigenvalue weighted by molar-refractivity contribution is 5.78. The van der Waals surface area contributed by atoms with E-state index >= 15 is 0 Å². The lowest BCUT2D eigenvalue weighted by atomic mass is 9.81. The molecule has 0 spiro atoms. The van der Waals surface area contributed by atoms with Crippen LogP contribution in [0, 0.1) is 5.92 Å². The molecule has 148 valence electrons. The van der Waals surface area contributed by atoms with E-state index in [0.29, 0.717) is 30.3 Å². The van der Waals surface area contributed by atoms with E-state index in [1.165, 1.54) is 24.8 Å². The lowest BCUT2D eigenvalue weighted by molar-refractivity contribution is -0.135. The fourth-order valence-corrected chi connectivity index (χ4v) is 5.33. The highest BCUT2D eigenvalue weighted by atomic mass is 16.5. The van der Waals surface area contributed by atoms with Crippen LogP contribution in [0.2, 0.25) is 0 Å². The molecule has 4 rings (SSSR count). The van der Waals surface area contributed by atoms with Crippen molar-refractivity contribution in [2.24, 2.45) is 5.92 Å². The van der Waals surface area contributed by atoms with Crippen LogP contribution in [-0.4, -0.2) is 80.1 Å². The number of rotatable bonds is 4. The van der Waals surface area contributed by atoms with Crippen molar-refractivity contribution in [1.29, 1.82) is 0 Å². The van der Waals surface area contributed by atoms with Gasteiger partial charge in [0.25, 0.3) is 0 Å². The molecule has 3 saturated heterocycles. The average molecular weight is 372 g/mol. The minimum atomic E-state index is 0.332. The largest absolute Gasteiger partial charge is 0.497 e. The van der Waals surface area contributed by atoms with Gasteiger partial charge in [-0.25, -0.2) is 0 Å². The van der Waals surface area contributed by atoms with Crippen molar-refractivity contribution < 1.29 is 9.53 Å². The van der Waals surface area contributed by atoms with Gasteiger partial charge in [-0.2, -0.15) is 0 Å². The van der Waals surface area contributed by atoms with Crippen LogP contribution in [0.3, 0.4) is 0 Å². The van der Waals surface area contributed by atoms with Crippen molar-refractivity contribution in [3.05, 3.63) is 29.8 Å². The Hall–Kier alpha value is -1.59. The van der Waals surface area contributed by atoms with Gasteiger partial charge in [0.2, 0.25) is 5.91 Å². The topological polar surface area (TPSA) is 36.0 Å². The third-order valence-electron chi connectivity index (χ3n) is 6.89. The van der Waals surface area contributed by atoms with E-state index in [0.717, 1.165) is 44.9 Å². The number of nitrogens with zero attached hydrogens (tertiary/aromatic N) is 3. The molecule has 3 fully saturated rings. The Balaban J connectivity index is 1.43. The van der Waals surface area contributed by atoms with Gasteiger partial charge < -0.3 is 14.5 Å². The second-order valence-corrected chi connectivity index (χ2v) is 8.52. The zero-order chi connectivity index (χ0) is 18.8. The van der Waals surface area contributed by atoms with Crippen LogP contribution in [0.1, 0.15) is 37.2 Å². The molecule has 0 bridgehead atoms. The molecule has 1 aromatic rings. The van der Waals surface area contributed by atoms with Gasteiger partial charge in [-0.1, -0.05) is 18.6 Å². The zero-order valence-electron chi connectivity index (χ0n) is 16.8. The minimum Gasteiger partial charge on any atom is -0.497 e. The number of piperidine rings is 2. The molecular formula is C22H33N3O2. The standard InChI is InChI=1S/C22H33N3O2/c1-23-14-19(17-6-8-18(27-2)9-7-17)20-15-25(13-10-21(20)23)22(26)16-24-11-4-3-5-12-24/h6-9,19-21H,3-5,10-16H2,1-2H3/t19-,20-,21-/m1/s1. The van der Waals surface area contributed by atoms with Crippen LogP contribution in [0.15, 0.2) is 24.3 Å². The monoisotopic (exact) mass is 371 g/mol. The first-order valence-electron chi connectivity index (χ1n) is 10.5. The van der Waals surface area contributed by atoms with Gasteiger partial charge in [-0.3, -0.25) is 9.69 Å². The summed E-state index contributed by atoms with van der Waals surface area (Å²) in [6, 6.07) is 9.12. The molecular weight excluding hydrogens is 338 g/mol. The number of ether oxygens (including phenoxy) is 1. The molecule has 27 heavy (non-hydrogen) atoms. The third-order valence-corrected chi connectivity index (χ3v) is 6.89. The summed E-state index contributed by atoms with van der Waals surface area (Å²) in [5.41, 5.74) is 1.38. The molecule has 3 aliphatic heterocycles. The van der Waals surface area contributed by atoms with Crippen LogP contribution < -0.4 is 4.74 Å². The number of likely N-dealkylation sites (N-methyl/N-ethyl adjacent to an activating group) is 1. The van der Waals surface area contributed by atoms with Crippen LogP contribution in [-0.2, 0) is 4.79 Å². The molecule has 0 saturated carbocycles. The first-order chi connectivity index (χ1) is 13.2. The van der Waals surface area contributed by atoms with Crippen molar-refractivity contribution in [3.8, 4) is 5.75 Å². The lowest BCUT2D eigenvalue weighted by Crippen LogP contribution is -2.51. The number of methoxy groups -OCH3 is 1. The highest BCUT2D eigenvalue weighted by Gasteiger charge is 2.44. The predicted molar refractivity (Wildman–Crippen MR) is 107 cm³/mol. The smallest absolute Gasteiger partial charge is 0.236 e. The van der Waals surface area contributed by atoms with Crippen molar-refractivity contribution in [2.75, 3.05) is 53.4 Å². The Kier molecular flexibility index (Phi) is 5.69. The fourth-order valence-electron chi connectivity index (χ4n) is 5.33. The zero-order valence-corrected chi connectivity index (χ0v) is 16.8. The quantitative estimate of drug-likeness (QED) is 0.814. The Labute approximate surface area is 163 Å². The van der Waals surface area contributed by atoms with Gasteiger partial charge in [0.15, 0.2) is 0 Å². The molecule has 1 amide bonds. The van der Waals surface area contributed by atoms with E-state index in [1.54, 1.807) is 7.11 Å². The average Bonchev–Trinajstić information content (AvgIpc) is 3.05. The van der Waals surface area contributed by atoms with Gasteiger partial charge in [0, 0.05) is 37.5 Å². The van der Waals surface area contributed by atoms with Crippen LogP contribution >= 0.6 is 0 Å². The summed E-state index contributed by atoms with van der Waals surface area (Å²) in [4.78, 5) is 19.9. The molecule has 3 atom stereocenters. The number of carbonyl (C=O) groups is 1. The maximum absolute atomic E-state index is 12.9. The Bertz CT molecular complexity index is 641. The lowest BCUT2D eigenvalue weighted by Gasteiger charge is -2.39. The van der Waals surface area contributed by atoms with E-state index in [9.17, 15) is 4.79 Å². The first-order valence-corrected chi connectivity index (χ1v) is 10.5. The second-order valence-electron chi connectivity index (χ2n) is 8.52. The summed E-state index contributed by atoms with van der Waals surface area (Å²) in [6.07, 6.45) is 4.89. The Morgan fingerprint density at radius 3 is 2.52 bits per heavy atom. The number of carbonyl (C=O) groups excluding carboxylic acids is 1. The van der Waals surface area contributed by atoms with Crippen molar-refractivity contribution in [2.45, 2.75) is 37.6 Å². The normalized spacial score (nSPS) is 29.6. The third kappa shape index (κ3) is 3.99. The molecule has 0 aromatic heterocycles. The van der Waals surface area contributed by atoms with Gasteiger partial charge >= 0.3 is 0 Å².